The fourth-order valence-corrected chi connectivity index (χ4v) is 2.59. The number of hydrogen-bond acceptors (Lipinski definition) is 7. The van der Waals surface area contributed by atoms with Crippen molar-refractivity contribution in [1.29, 1.82) is 0 Å². The fourth-order valence-electron chi connectivity index (χ4n) is 2.07. The van der Waals surface area contributed by atoms with Crippen LogP contribution in [0.2, 0.25) is 0 Å². The average Bonchev–Trinajstić information content (AvgIpc) is 3.04. The van der Waals surface area contributed by atoms with E-state index in [-0.39, 0.29) is 6.09 Å². The zero-order valence-corrected chi connectivity index (χ0v) is 12.9. The summed E-state index contributed by atoms with van der Waals surface area (Å²) in [6, 6.07) is 0. The molecule has 0 radical (unpaired) electrons. The molecule has 0 aliphatic carbocycles. The van der Waals surface area contributed by atoms with Crippen LogP contribution in [-0.2, 0) is 17.8 Å². The van der Waals surface area contributed by atoms with Crippen LogP contribution in [0.25, 0.3) is 10.8 Å². The predicted molar refractivity (Wildman–Crippen MR) is 75.6 cm³/mol. The Hall–Kier alpha value is -2.03. The SMILES string of the molecule is CC(C)(C)OC(=O)N1CCn2c(nnc2-c2ncns2)C1. The number of fused-ring (bicyclic) bond motifs is 1. The molecule has 8 nitrogen and oxygen atoms in total. The van der Waals surface area contributed by atoms with Crippen molar-refractivity contribution in [1.82, 2.24) is 29.0 Å². The third-order valence-electron chi connectivity index (χ3n) is 2.96. The van der Waals surface area contributed by atoms with E-state index >= 15 is 0 Å². The Labute approximate surface area is 125 Å². The normalized spacial score (nSPS) is 14.9. The highest BCUT2D eigenvalue weighted by Gasteiger charge is 2.28. The standard InChI is InChI=1S/C12H16N6O2S/c1-12(2,3)20-11(19)17-4-5-18-8(6-17)15-16-9(18)10-13-7-14-21-10/h7H,4-6H2,1-3H3. The summed E-state index contributed by atoms with van der Waals surface area (Å²) in [4.78, 5) is 17.9. The lowest BCUT2D eigenvalue weighted by atomic mass is 10.2. The number of amides is 1. The van der Waals surface area contributed by atoms with E-state index in [0.29, 0.717) is 25.5 Å². The first-order valence-corrected chi connectivity index (χ1v) is 7.38. The maximum atomic E-state index is 12.1. The highest BCUT2D eigenvalue weighted by atomic mass is 32.1. The molecule has 2 aromatic rings. The summed E-state index contributed by atoms with van der Waals surface area (Å²) in [6.07, 6.45) is 1.17. The molecule has 0 bridgehead atoms. The van der Waals surface area contributed by atoms with E-state index in [0.717, 1.165) is 10.8 Å². The van der Waals surface area contributed by atoms with Crippen LogP contribution in [0.15, 0.2) is 6.33 Å². The van der Waals surface area contributed by atoms with Crippen LogP contribution >= 0.6 is 11.5 Å². The number of ether oxygens (including phenoxy) is 1. The lowest BCUT2D eigenvalue weighted by Crippen LogP contribution is -2.41. The number of nitrogens with zero attached hydrogens (tertiary/aromatic N) is 6. The van der Waals surface area contributed by atoms with Crippen LogP contribution in [0, 0.1) is 0 Å². The Morgan fingerprint density at radius 3 is 2.81 bits per heavy atom. The molecule has 1 amide bonds. The van der Waals surface area contributed by atoms with Crippen molar-refractivity contribution in [3.8, 4) is 10.8 Å². The Kier molecular flexibility index (Phi) is 3.36. The van der Waals surface area contributed by atoms with Crippen molar-refractivity contribution in [2.45, 2.75) is 39.5 Å². The smallest absolute Gasteiger partial charge is 0.410 e. The topological polar surface area (TPSA) is 86.0 Å². The first kappa shape index (κ1) is 13.9. The van der Waals surface area contributed by atoms with Crippen LogP contribution < -0.4 is 0 Å². The molecule has 1 aliphatic heterocycles. The van der Waals surface area contributed by atoms with E-state index in [1.807, 2.05) is 25.3 Å². The van der Waals surface area contributed by atoms with Crippen molar-refractivity contribution in [3.63, 3.8) is 0 Å². The maximum Gasteiger partial charge on any atom is 0.410 e. The highest BCUT2D eigenvalue weighted by molar-refractivity contribution is 7.08. The van der Waals surface area contributed by atoms with Gasteiger partial charge >= 0.3 is 6.09 Å². The van der Waals surface area contributed by atoms with Gasteiger partial charge in [-0.2, -0.15) is 4.37 Å². The Morgan fingerprint density at radius 2 is 2.14 bits per heavy atom. The zero-order valence-electron chi connectivity index (χ0n) is 12.1. The maximum absolute atomic E-state index is 12.1. The minimum atomic E-state index is -0.500. The third kappa shape index (κ3) is 2.87. The molecule has 0 aromatic carbocycles. The minimum Gasteiger partial charge on any atom is -0.444 e. The number of carbonyl (C=O) groups is 1. The van der Waals surface area contributed by atoms with E-state index in [1.165, 1.54) is 17.9 Å². The summed E-state index contributed by atoms with van der Waals surface area (Å²) in [7, 11) is 0. The summed E-state index contributed by atoms with van der Waals surface area (Å²) in [5, 5.41) is 9.03. The van der Waals surface area contributed by atoms with Crippen molar-refractivity contribution in [2.24, 2.45) is 0 Å². The van der Waals surface area contributed by atoms with Gasteiger partial charge in [0.1, 0.15) is 11.9 Å². The van der Waals surface area contributed by atoms with Gasteiger partial charge in [0.2, 0.25) is 0 Å². The van der Waals surface area contributed by atoms with Gasteiger partial charge in [0.15, 0.2) is 16.7 Å². The van der Waals surface area contributed by atoms with Gasteiger partial charge in [-0.15, -0.1) is 10.2 Å². The number of carbonyl (C=O) groups excluding carboxylic acids is 1. The van der Waals surface area contributed by atoms with E-state index < -0.39 is 5.60 Å². The molecule has 0 N–H and O–H groups in total. The van der Waals surface area contributed by atoms with Gasteiger partial charge in [-0.25, -0.2) is 9.78 Å². The predicted octanol–water partition coefficient (Wildman–Crippen LogP) is 1.55. The molecule has 0 saturated heterocycles. The largest absolute Gasteiger partial charge is 0.444 e. The van der Waals surface area contributed by atoms with E-state index in [1.54, 1.807) is 4.90 Å². The molecule has 0 unspecified atom stereocenters. The van der Waals surface area contributed by atoms with Gasteiger partial charge in [0.25, 0.3) is 0 Å². The average molecular weight is 308 g/mol. The van der Waals surface area contributed by atoms with Crippen LogP contribution in [0.3, 0.4) is 0 Å². The van der Waals surface area contributed by atoms with Crippen LogP contribution in [0.4, 0.5) is 4.79 Å². The second-order valence-electron chi connectivity index (χ2n) is 5.74. The lowest BCUT2D eigenvalue weighted by molar-refractivity contribution is 0.0196. The monoisotopic (exact) mass is 308 g/mol. The summed E-state index contributed by atoms with van der Waals surface area (Å²) in [5.41, 5.74) is -0.500. The van der Waals surface area contributed by atoms with E-state index in [9.17, 15) is 4.79 Å². The van der Waals surface area contributed by atoms with Gasteiger partial charge in [-0.05, 0) is 32.3 Å². The molecule has 0 fully saturated rings. The molecule has 0 spiro atoms. The first-order chi connectivity index (χ1) is 9.94. The van der Waals surface area contributed by atoms with Crippen molar-refractivity contribution < 1.29 is 9.53 Å². The van der Waals surface area contributed by atoms with Crippen molar-refractivity contribution in [3.05, 3.63) is 12.2 Å². The Bertz CT molecular complexity index is 645. The first-order valence-electron chi connectivity index (χ1n) is 6.61. The highest BCUT2D eigenvalue weighted by Crippen LogP contribution is 2.23. The lowest BCUT2D eigenvalue weighted by Gasteiger charge is -2.30. The molecule has 0 saturated carbocycles. The summed E-state index contributed by atoms with van der Waals surface area (Å²) < 4.78 is 11.3. The molecule has 9 heteroatoms. The van der Waals surface area contributed by atoms with Crippen molar-refractivity contribution in [2.75, 3.05) is 6.54 Å². The molecule has 2 aromatic heterocycles. The molecule has 1 aliphatic rings. The van der Waals surface area contributed by atoms with Gasteiger partial charge < -0.3 is 9.30 Å². The van der Waals surface area contributed by atoms with Crippen molar-refractivity contribution >= 4 is 17.6 Å². The summed E-state index contributed by atoms with van der Waals surface area (Å²) >= 11 is 1.28. The second kappa shape index (κ2) is 5.06. The van der Waals surface area contributed by atoms with E-state index in [2.05, 4.69) is 19.6 Å². The van der Waals surface area contributed by atoms with Crippen LogP contribution in [0.5, 0.6) is 0 Å². The quantitative estimate of drug-likeness (QED) is 0.794. The fraction of sp³-hybridized carbons (Fsp3) is 0.583. The van der Waals surface area contributed by atoms with Crippen LogP contribution in [0.1, 0.15) is 26.6 Å². The van der Waals surface area contributed by atoms with Gasteiger partial charge in [0.05, 0.1) is 6.54 Å². The van der Waals surface area contributed by atoms with Gasteiger partial charge in [0, 0.05) is 13.1 Å². The molecule has 3 heterocycles. The Balaban J connectivity index is 1.77. The minimum absolute atomic E-state index is 0.325. The second-order valence-corrected chi connectivity index (χ2v) is 6.52. The molecule has 0 atom stereocenters. The third-order valence-corrected chi connectivity index (χ3v) is 3.62. The number of hydrogen-bond donors (Lipinski definition) is 0. The zero-order chi connectivity index (χ0) is 15.0. The molecule has 3 rings (SSSR count). The molecular formula is C12H16N6O2S. The number of rotatable bonds is 1. The molecular weight excluding hydrogens is 292 g/mol. The summed E-state index contributed by atoms with van der Waals surface area (Å²) in [6.45, 7) is 7.13. The molecule has 112 valence electrons. The summed E-state index contributed by atoms with van der Waals surface area (Å²) in [5.74, 6) is 1.44. The Morgan fingerprint density at radius 1 is 1.33 bits per heavy atom. The van der Waals surface area contributed by atoms with E-state index in [4.69, 9.17) is 4.74 Å². The number of aromatic nitrogens is 5. The molecule has 21 heavy (non-hydrogen) atoms. The van der Waals surface area contributed by atoms with Gasteiger partial charge in [-0.3, -0.25) is 4.90 Å². The van der Waals surface area contributed by atoms with Crippen LogP contribution in [-0.4, -0.2) is 47.3 Å². The van der Waals surface area contributed by atoms with Gasteiger partial charge in [-0.1, -0.05) is 0 Å².